The Hall–Kier alpha value is -2.36. The molecule has 0 N–H and O–H groups in total. The molecule has 1 heterocycles. The van der Waals surface area contributed by atoms with Gasteiger partial charge in [-0.15, -0.1) is 0 Å². The summed E-state index contributed by atoms with van der Waals surface area (Å²) >= 11 is 0. The molecule has 0 bridgehead atoms. The van der Waals surface area contributed by atoms with E-state index in [9.17, 15) is 9.18 Å². The third-order valence-corrected chi connectivity index (χ3v) is 3.39. The van der Waals surface area contributed by atoms with Crippen LogP contribution in [0.2, 0.25) is 0 Å². The molecule has 0 aliphatic carbocycles. The van der Waals surface area contributed by atoms with Crippen molar-refractivity contribution in [3.63, 3.8) is 0 Å². The van der Waals surface area contributed by atoms with Crippen LogP contribution in [-0.2, 0) is 6.42 Å². The van der Waals surface area contributed by atoms with Gasteiger partial charge in [0.25, 0.3) is 0 Å². The molecule has 0 atom stereocenters. The number of ketones is 1. The van der Waals surface area contributed by atoms with Crippen LogP contribution in [-0.4, -0.2) is 19.0 Å². The molecule has 3 rings (SSSR count). The third-order valence-electron chi connectivity index (χ3n) is 3.39. The Labute approximate surface area is 122 Å². The summed E-state index contributed by atoms with van der Waals surface area (Å²) in [6.07, 6.45) is 0.855. The molecule has 0 saturated carbocycles. The van der Waals surface area contributed by atoms with Gasteiger partial charge >= 0.3 is 0 Å². The molecule has 3 nitrogen and oxygen atoms in total. The number of ether oxygens (including phenoxy) is 2. The van der Waals surface area contributed by atoms with Crippen molar-refractivity contribution >= 4 is 5.78 Å². The van der Waals surface area contributed by atoms with Crippen molar-refractivity contribution in [3.8, 4) is 11.5 Å². The Balaban J connectivity index is 1.68. The number of Topliss-reactive ketones (excluding diaryl/α,β-unsaturated/α-hetero) is 1. The number of benzene rings is 2. The average Bonchev–Trinajstić information content (AvgIpc) is 2.52. The van der Waals surface area contributed by atoms with Gasteiger partial charge in [0.15, 0.2) is 17.3 Å². The summed E-state index contributed by atoms with van der Waals surface area (Å²) in [7, 11) is 0. The van der Waals surface area contributed by atoms with E-state index in [4.69, 9.17) is 9.47 Å². The lowest BCUT2D eigenvalue weighted by Crippen LogP contribution is -2.15. The molecule has 1 aliphatic heterocycles. The van der Waals surface area contributed by atoms with E-state index < -0.39 is 0 Å². The van der Waals surface area contributed by atoms with Crippen LogP contribution in [0, 0.1) is 5.82 Å². The smallest absolute Gasteiger partial charge is 0.163 e. The molecule has 108 valence electrons. The third kappa shape index (κ3) is 3.21. The number of hydrogen-bond donors (Lipinski definition) is 0. The van der Waals surface area contributed by atoms with Gasteiger partial charge in [-0.05, 0) is 42.3 Å². The summed E-state index contributed by atoms with van der Waals surface area (Å²) in [5.41, 5.74) is 1.41. The van der Waals surface area contributed by atoms with Crippen molar-refractivity contribution in [1.29, 1.82) is 0 Å². The minimum Gasteiger partial charge on any atom is -0.486 e. The highest BCUT2D eigenvalue weighted by atomic mass is 19.1. The van der Waals surface area contributed by atoms with Gasteiger partial charge in [0.1, 0.15) is 19.0 Å². The van der Waals surface area contributed by atoms with Crippen LogP contribution in [0.15, 0.2) is 42.5 Å². The zero-order chi connectivity index (χ0) is 14.7. The molecule has 0 radical (unpaired) electrons. The van der Waals surface area contributed by atoms with Crippen LogP contribution >= 0.6 is 0 Å². The predicted octanol–water partition coefficient (Wildman–Crippen LogP) is 3.41. The molecule has 0 unspecified atom stereocenters. The average molecular weight is 286 g/mol. The molecular formula is C17H15FO3. The SMILES string of the molecule is O=C(CCc1cccc(F)c1)c1ccc2c(c1)OCCO2. The van der Waals surface area contributed by atoms with Crippen LogP contribution in [0.4, 0.5) is 4.39 Å². The van der Waals surface area contributed by atoms with E-state index in [2.05, 4.69) is 0 Å². The van der Waals surface area contributed by atoms with Gasteiger partial charge in [0, 0.05) is 12.0 Å². The monoisotopic (exact) mass is 286 g/mol. The Morgan fingerprint density at radius 2 is 1.86 bits per heavy atom. The van der Waals surface area contributed by atoms with Crippen LogP contribution < -0.4 is 9.47 Å². The van der Waals surface area contributed by atoms with E-state index in [0.29, 0.717) is 43.1 Å². The quantitative estimate of drug-likeness (QED) is 0.808. The highest BCUT2D eigenvalue weighted by molar-refractivity contribution is 5.96. The minimum absolute atomic E-state index is 0.0104. The van der Waals surface area contributed by atoms with Gasteiger partial charge in [-0.1, -0.05) is 12.1 Å². The number of aryl methyl sites for hydroxylation is 1. The first kappa shape index (κ1) is 13.6. The zero-order valence-electron chi connectivity index (χ0n) is 11.5. The number of carbonyl (C=O) groups excluding carboxylic acids is 1. The van der Waals surface area contributed by atoms with E-state index >= 15 is 0 Å². The van der Waals surface area contributed by atoms with Gasteiger partial charge in [-0.2, -0.15) is 0 Å². The molecule has 2 aromatic carbocycles. The lowest BCUT2D eigenvalue weighted by Gasteiger charge is -2.18. The summed E-state index contributed by atoms with van der Waals surface area (Å²) in [4.78, 5) is 12.2. The summed E-state index contributed by atoms with van der Waals surface area (Å²) in [6, 6.07) is 11.5. The number of hydrogen-bond acceptors (Lipinski definition) is 3. The lowest BCUT2D eigenvalue weighted by molar-refractivity contribution is 0.0981. The van der Waals surface area contributed by atoms with Crippen LogP contribution in [0.25, 0.3) is 0 Å². The molecule has 4 heteroatoms. The standard InChI is InChI=1S/C17H15FO3/c18-14-3-1-2-12(10-14)4-6-15(19)13-5-7-16-17(11-13)21-9-8-20-16/h1-3,5,7,10-11H,4,6,8-9H2. The second-order valence-corrected chi connectivity index (χ2v) is 4.91. The fourth-order valence-corrected chi connectivity index (χ4v) is 2.31. The first-order valence-electron chi connectivity index (χ1n) is 6.90. The molecular weight excluding hydrogens is 271 g/mol. The Morgan fingerprint density at radius 3 is 2.67 bits per heavy atom. The van der Waals surface area contributed by atoms with Crippen molar-refractivity contribution in [2.24, 2.45) is 0 Å². The van der Waals surface area contributed by atoms with Crippen LogP contribution in [0.1, 0.15) is 22.3 Å². The van der Waals surface area contributed by atoms with Gasteiger partial charge in [0.05, 0.1) is 0 Å². The minimum atomic E-state index is -0.278. The van der Waals surface area contributed by atoms with E-state index in [1.807, 2.05) is 6.07 Å². The summed E-state index contributed by atoms with van der Waals surface area (Å²) in [5, 5.41) is 0. The zero-order valence-corrected chi connectivity index (χ0v) is 11.5. The second kappa shape index (κ2) is 5.95. The predicted molar refractivity (Wildman–Crippen MR) is 76.5 cm³/mol. The molecule has 0 fully saturated rings. The highest BCUT2D eigenvalue weighted by Crippen LogP contribution is 2.31. The lowest BCUT2D eigenvalue weighted by atomic mass is 10.0. The fraction of sp³-hybridized carbons (Fsp3) is 0.235. The maximum Gasteiger partial charge on any atom is 0.163 e. The van der Waals surface area contributed by atoms with Crippen molar-refractivity contribution in [1.82, 2.24) is 0 Å². The largest absolute Gasteiger partial charge is 0.486 e. The van der Waals surface area contributed by atoms with Crippen LogP contribution in [0.5, 0.6) is 11.5 Å². The van der Waals surface area contributed by atoms with Crippen molar-refractivity contribution in [3.05, 3.63) is 59.4 Å². The molecule has 0 saturated heterocycles. The Morgan fingerprint density at radius 1 is 1.05 bits per heavy atom. The van der Waals surface area contributed by atoms with Gasteiger partial charge < -0.3 is 9.47 Å². The van der Waals surface area contributed by atoms with Crippen molar-refractivity contribution in [2.45, 2.75) is 12.8 Å². The molecule has 0 amide bonds. The van der Waals surface area contributed by atoms with E-state index in [-0.39, 0.29) is 11.6 Å². The van der Waals surface area contributed by atoms with Gasteiger partial charge in [0.2, 0.25) is 0 Å². The molecule has 0 aromatic heterocycles. The van der Waals surface area contributed by atoms with E-state index in [0.717, 1.165) is 5.56 Å². The Kier molecular flexibility index (Phi) is 3.86. The van der Waals surface area contributed by atoms with Gasteiger partial charge in [-0.3, -0.25) is 4.79 Å². The first-order valence-corrected chi connectivity index (χ1v) is 6.90. The number of fused-ring (bicyclic) bond motifs is 1. The molecule has 0 spiro atoms. The van der Waals surface area contributed by atoms with Gasteiger partial charge in [-0.25, -0.2) is 4.39 Å². The maximum atomic E-state index is 13.1. The van der Waals surface area contributed by atoms with Crippen LogP contribution in [0.3, 0.4) is 0 Å². The molecule has 21 heavy (non-hydrogen) atoms. The summed E-state index contributed by atoms with van der Waals surface area (Å²) in [6.45, 7) is 1.02. The molecule has 2 aromatic rings. The van der Waals surface area contributed by atoms with Crippen molar-refractivity contribution < 1.29 is 18.7 Å². The normalized spacial score (nSPS) is 13.0. The number of rotatable bonds is 4. The van der Waals surface area contributed by atoms with E-state index in [1.54, 1.807) is 24.3 Å². The summed E-state index contributed by atoms with van der Waals surface area (Å²) < 4.78 is 24.0. The summed E-state index contributed by atoms with van der Waals surface area (Å²) in [5.74, 6) is 1.01. The first-order chi connectivity index (χ1) is 10.2. The topological polar surface area (TPSA) is 35.5 Å². The number of carbonyl (C=O) groups is 1. The Bertz CT molecular complexity index is 667. The molecule has 1 aliphatic rings. The van der Waals surface area contributed by atoms with E-state index in [1.165, 1.54) is 12.1 Å². The fourth-order valence-electron chi connectivity index (χ4n) is 2.31. The maximum absolute atomic E-state index is 13.1. The van der Waals surface area contributed by atoms with Crippen molar-refractivity contribution in [2.75, 3.05) is 13.2 Å². The number of halogens is 1. The second-order valence-electron chi connectivity index (χ2n) is 4.91. The highest BCUT2D eigenvalue weighted by Gasteiger charge is 2.14.